The molecule has 3 aromatic rings. The van der Waals surface area contributed by atoms with E-state index in [1.54, 1.807) is 23.4 Å². The second-order valence-electron chi connectivity index (χ2n) is 11.0. The molecule has 11 heteroatoms. The van der Waals surface area contributed by atoms with Gasteiger partial charge in [-0.1, -0.05) is 36.4 Å². The molecule has 1 saturated heterocycles. The molecule has 0 bridgehead atoms. The number of carbonyl (C=O) groups excluding carboxylic acids is 3. The fourth-order valence-electron chi connectivity index (χ4n) is 5.77. The molecule has 0 radical (unpaired) electrons. The molecule has 1 unspecified atom stereocenters. The number of benzene rings is 1. The summed E-state index contributed by atoms with van der Waals surface area (Å²) in [7, 11) is 1.33. The molecule has 5 rings (SSSR count). The van der Waals surface area contributed by atoms with Gasteiger partial charge < -0.3 is 24.3 Å². The monoisotopic (exact) mass is 574 g/mol. The van der Waals surface area contributed by atoms with Gasteiger partial charge in [0.05, 0.1) is 25.5 Å². The standard InChI is InChI=1S/C31H38N6O5/c1-41-28(38)19-26(24-9-5-15-32-20-24)33-30(39)25-10-6-16-37-27(34-35-29(25)37)12-11-22-13-17-36(18-14-22)31(40)42-21-23-7-3-2-4-8-23/h2-5,7-9,15,20,22,25-26H,6,10-14,16-19,21H2,1H3,(H,33,39)/t25?,26-/m0/s1. The second-order valence-corrected chi connectivity index (χ2v) is 11.0. The van der Waals surface area contributed by atoms with Crippen molar-refractivity contribution in [2.75, 3.05) is 20.2 Å². The first-order valence-corrected chi connectivity index (χ1v) is 14.7. The molecule has 0 aliphatic carbocycles. The van der Waals surface area contributed by atoms with Crippen LogP contribution in [0.15, 0.2) is 54.9 Å². The van der Waals surface area contributed by atoms with Gasteiger partial charge >= 0.3 is 12.1 Å². The highest BCUT2D eigenvalue weighted by Crippen LogP contribution is 2.30. The summed E-state index contributed by atoms with van der Waals surface area (Å²) >= 11 is 0. The highest BCUT2D eigenvalue weighted by molar-refractivity contribution is 5.84. The van der Waals surface area contributed by atoms with Crippen LogP contribution in [0.4, 0.5) is 4.79 Å². The third-order valence-electron chi connectivity index (χ3n) is 8.21. The van der Waals surface area contributed by atoms with Gasteiger partial charge in [-0.2, -0.15) is 0 Å². The number of hydrogen-bond donors (Lipinski definition) is 1. The summed E-state index contributed by atoms with van der Waals surface area (Å²) in [5.74, 6) is 1.02. The van der Waals surface area contributed by atoms with Crippen molar-refractivity contribution in [3.63, 3.8) is 0 Å². The zero-order chi connectivity index (χ0) is 29.3. The number of pyridine rings is 1. The lowest BCUT2D eigenvalue weighted by Gasteiger charge is -2.31. The average molecular weight is 575 g/mol. The average Bonchev–Trinajstić information content (AvgIpc) is 3.46. The number of methoxy groups -OCH3 is 1. The fraction of sp³-hybridized carbons (Fsp3) is 0.484. The van der Waals surface area contributed by atoms with Gasteiger partial charge in [-0.05, 0) is 55.2 Å². The molecule has 1 N–H and O–H groups in total. The third-order valence-corrected chi connectivity index (χ3v) is 8.21. The van der Waals surface area contributed by atoms with E-state index in [1.165, 1.54) is 7.11 Å². The summed E-state index contributed by atoms with van der Waals surface area (Å²) in [5, 5.41) is 11.9. The lowest BCUT2D eigenvalue weighted by molar-refractivity contribution is -0.141. The number of likely N-dealkylation sites (tertiary alicyclic amines) is 1. The first-order chi connectivity index (χ1) is 20.5. The van der Waals surface area contributed by atoms with E-state index in [4.69, 9.17) is 9.47 Å². The quantitative estimate of drug-likeness (QED) is 0.361. The van der Waals surface area contributed by atoms with Crippen LogP contribution < -0.4 is 5.32 Å². The molecule has 11 nitrogen and oxygen atoms in total. The molecule has 0 spiro atoms. The predicted molar refractivity (Wildman–Crippen MR) is 153 cm³/mol. The maximum atomic E-state index is 13.4. The number of fused-ring (bicyclic) bond motifs is 1. The summed E-state index contributed by atoms with van der Waals surface area (Å²) in [5.41, 5.74) is 1.72. The fourth-order valence-corrected chi connectivity index (χ4v) is 5.77. The summed E-state index contributed by atoms with van der Waals surface area (Å²) < 4.78 is 12.4. The zero-order valence-electron chi connectivity index (χ0n) is 24.0. The van der Waals surface area contributed by atoms with Crippen LogP contribution in [0, 0.1) is 5.92 Å². The topological polar surface area (TPSA) is 129 Å². The van der Waals surface area contributed by atoms with Gasteiger partial charge in [-0.3, -0.25) is 14.6 Å². The highest BCUT2D eigenvalue weighted by Gasteiger charge is 2.33. The molecule has 0 saturated carbocycles. The molecule has 2 amide bonds. The summed E-state index contributed by atoms with van der Waals surface area (Å²) in [6.07, 6.45) is 8.12. The van der Waals surface area contributed by atoms with Crippen LogP contribution in [0.25, 0.3) is 0 Å². The molecule has 42 heavy (non-hydrogen) atoms. The SMILES string of the molecule is COC(=O)C[C@H](NC(=O)C1CCCn2c(CCC3CCN(C(=O)OCc4ccccc4)CC3)nnc21)c1cccnc1. The van der Waals surface area contributed by atoms with Gasteiger partial charge in [0, 0.05) is 38.4 Å². The van der Waals surface area contributed by atoms with Gasteiger partial charge in [0.25, 0.3) is 0 Å². The molecule has 1 aromatic carbocycles. The maximum Gasteiger partial charge on any atom is 0.410 e. The minimum Gasteiger partial charge on any atom is -0.469 e. The van der Waals surface area contributed by atoms with Crippen molar-refractivity contribution >= 4 is 18.0 Å². The number of nitrogens with zero attached hydrogens (tertiary/aromatic N) is 5. The number of aryl methyl sites for hydroxylation is 1. The number of esters is 1. The highest BCUT2D eigenvalue weighted by atomic mass is 16.6. The first kappa shape index (κ1) is 29.2. The summed E-state index contributed by atoms with van der Waals surface area (Å²) in [4.78, 5) is 43.9. The van der Waals surface area contributed by atoms with Crippen LogP contribution in [0.5, 0.6) is 0 Å². The van der Waals surface area contributed by atoms with Crippen LogP contribution in [0.1, 0.15) is 73.3 Å². The van der Waals surface area contributed by atoms with Gasteiger partial charge in [0.1, 0.15) is 18.3 Å². The van der Waals surface area contributed by atoms with Crippen LogP contribution in [-0.4, -0.2) is 62.8 Å². The Balaban J connectivity index is 1.13. The molecule has 2 aliphatic heterocycles. The van der Waals surface area contributed by atoms with Crippen molar-refractivity contribution in [1.82, 2.24) is 30.0 Å². The number of rotatable bonds is 10. The van der Waals surface area contributed by atoms with Crippen molar-refractivity contribution < 1.29 is 23.9 Å². The van der Waals surface area contributed by atoms with Crippen molar-refractivity contribution in [3.8, 4) is 0 Å². The van der Waals surface area contributed by atoms with Crippen molar-refractivity contribution in [1.29, 1.82) is 0 Å². The molecular weight excluding hydrogens is 536 g/mol. The number of ether oxygens (including phenoxy) is 2. The summed E-state index contributed by atoms with van der Waals surface area (Å²) in [6.45, 7) is 2.43. The van der Waals surface area contributed by atoms with E-state index < -0.39 is 17.9 Å². The largest absolute Gasteiger partial charge is 0.469 e. The van der Waals surface area contributed by atoms with E-state index in [9.17, 15) is 14.4 Å². The molecule has 4 heterocycles. The lowest BCUT2D eigenvalue weighted by atomic mass is 9.92. The Kier molecular flexibility index (Phi) is 9.78. The Morgan fingerprint density at radius 1 is 1.02 bits per heavy atom. The molecular formula is C31H38N6O5. The lowest BCUT2D eigenvalue weighted by Crippen LogP contribution is -2.39. The molecule has 2 atom stereocenters. The smallest absolute Gasteiger partial charge is 0.410 e. The van der Waals surface area contributed by atoms with E-state index >= 15 is 0 Å². The Morgan fingerprint density at radius 2 is 1.83 bits per heavy atom. The van der Waals surface area contributed by atoms with Gasteiger partial charge in [-0.25, -0.2) is 4.79 Å². The van der Waals surface area contributed by atoms with Crippen LogP contribution in [0.2, 0.25) is 0 Å². The van der Waals surface area contributed by atoms with Crippen LogP contribution in [0.3, 0.4) is 0 Å². The normalized spacial score (nSPS) is 17.6. The number of piperidine rings is 1. The van der Waals surface area contributed by atoms with E-state index in [0.29, 0.717) is 31.3 Å². The molecule has 222 valence electrons. The van der Waals surface area contributed by atoms with E-state index in [0.717, 1.165) is 55.6 Å². The minimum absolute atomic E-state index is 0.0160. The summed E-state index contributed by atoms with van der Waals surface area (Å²) in [6, 6.07) is 12.8. The minimum atomic E-state index is -0.544. The number of aromatic nitrogens is 4. The maximum absolute atomic E-state index is 13.4. The van der Waals surface area contributed by atoms with Crippen molar-refractivity contribution in [3.05, 3.63) is 77.6 Å². The Hall–Kier alpha value is -4.28. The number of carbonyl (C=O) groups is 3. The Bertz CT molecular complexity index is 1340. The molecule has 2 aromatic heterocycles. The number of nitrogens with one attached hydrogen (secondary N) is 1. The Morgan fingerprint density at radius 3 is 2.57 bits per heavy atom. The zero-order valence-corrected chi connectivity index (χ0v) is 24.0. The van der Waals surface area contributed by atoms with Gasteiger partial charge in [0.15, 0.2) is 0 Å². The van der Waals surface area contributed by atoms with E-state index in [1.807, 2.05) is 36.4 Å². The van der Waals surface area contributed by atoms with Crippen LogP contribution >= 0.6 is 0 Å². The van der Waals surface area contributed by atoms with Crippen molar-refractivity contribution in [2.24, 2.45) is 5.92 Å². The van der Waals surface area contributed by atoms with Gasteiger partial charge in [-0.15, -0.1) is 10.2 Å². The number of hydrogen-bond acceptors (Lipinski definition) is 8. The second kappa shape index (κ2) is 14.1. The predicted octanol–water partition coefficient (Wildman–Crippen LogP) is 3.95. The van der Waals surface area contributed by atoms with E-state index in [-0.39, 0.29) is 25.0 Å². The first-order valence-electron chi connectivity index (χ1n) is 14.7. The van der Waals surface area contributed by atoms with Crippen LogP contribution in [-0.2, 0) is 38.6 Å². The van der Waals surface area contributed by atoms with E-state index in [2.05, 4.69) is 25.1 Å². The Labute approximate surface area is 245 Å². The third kappa shape index (κ3) is 7.32. The van der Waals surface area contributed by atoms with Gasteiger partial charge in [0.2, 0.25) is 5.91 Å². The van der Waals surface area contributed by atoms with Crippen molar-refractivity contribution in [2.45, 2.75) is 70.1 Å². The molecule has 2 aliphatic rings. The number of amides is 2. The molecule has 1 fully saturated rings.